The Kier molecular flexibility index (Phi) is 9.77. The number of nitrogens with zero attached hydrogens (tertiary/aromatic N) is 2. The van der Waals surface area contributed by atoms with Gasteiger partial charge in [-0.25, -0.2) is 22.7 Å². The van der Waals surface area contributed by atoms with Crippen LogP contribution in [0.15, 0.2) is 58.4 Å². The van der Waals surface area contributed by atoms with Gasteiger partial charge < -0.3 is 20.3 Å². The molecule has 1 aliphatic carbocycles. The molecule has 0 fully saturated rings. The molecule has 11 nitrogen and oxygen atoms in total. The van der Waals surface area contributed by atoms with Crippen LogP contribution >= 0.6 is 0 Å². The fourth-order valence-corrected chi connectivity index (χ4v) is 8.35. The van der Waals surface area contributed by atoms with Crippen molar-refractivity contribution < 1.29 is 32.6 Å². The van der Waals surface area contributed by atoms with Crippen molar-refractivity contribution in [2.45, 2.75) is 82.8 Å². The molecule has 4 N–H and O–H groups in total. The summed E-state index contributed by atoms with van der Waals surface area (Å²) in [6, 6.07) is 14.9. The molecule has 5 rings (SSSR count). The van der Waals surface area contributed by atoms with Crippen LogP contribution in [0.5, 0.6) is 5.75 Å². The van der Waals surface area contributed by atoms with Crippen LogP contribution in [0.2, 0.25) is 0 Å². The van der Waals surface area contributed by atoms with Crippen molar-refractivity contribution in [2.75, 3.05) is 20.2 Å². The van der Waals surface area contributed by atoms with Crippen molar-refractivity contribution in [1.29, 1.82) is 0 Å². The molecular formula is C36H44N4O7S. The van der Waals surface area contributed by atoms with Crippen LogP contribution < -0.4 is 15.2 Å². The second kappa shape index (κ2) is 13.5. The van der Waals surface area contributed by atoms with Gasteiger partial charge in [-0.1, -0.05) is 48.5 Å². The van der Waals surface area contributed by atoms with Gasteiger partial charge in [-0.3, -0.25) is 9.89 Å². The fourth-order valence-electron chi connectivity index (χ4n) is 6.82. The van der Waals surface area contributed by atoms with E-state index in [1.807, 2.05) is 69.3 Å². The van der Waals surface area contributed by atoms with Gasteiger partial charge in [0.2, 0.25) is 5.96 Å². The van der Waals surface area contributed by atoms with Gasteiger partial charge in [0, 0.05) is 31.5 Å². The average Bonchev–Trinajstić information content (AvgIpc) is 3.53. The molecule has 1 aliphatic heterocycles. The molecule has 0 bridgehead atoms. The van der Waals surface area contributed by atoms with Crippen molar-refractivity contribution in [3.63, 3.8) is 0 Å². The summed E-state index contributed by atoms with van der Waals surface area (Å²) in [5, 5.41) is 9.88. The number of carbonyl (C=O) groups excluding carboxylic acids is 1. The minimum Gasteiger partial charge on any atom is -0.487 e. The smallest absolute Gasteiger partial charge is 0.410 e. The van der Waals surface area contributed by atoms with Crippen molar-refractivity contribution in [1.82, 2.24) is 9.62 Å². The molecule has 2 aliphatic rings. The van der Waals surface area contributed by atoms with E-state index in [9.17, 15) is 23.1 Å². The molecule has 256 valence electrons. The number of carboxylic acids is 1. The Balaban J connectivity index is 1.14. The maximum absolute atomic E-state index is 13.4. The fraction of sp³-hybridized carbons (Fsp3) is 0.417. The second-order valence-electron chi connectivity index (χ2n) is 13.2. The number of rotatable bonds is 11. The number of sulfonamides is 1. The summed E-state index contributed by atoms with van der Waals surface area (Å²) < 4.78 is 41.0. The molecule has 1 atom stereocenters. The summed E-state index contributed by atoms with van der Waals surface area (Å²) in [7, 11) is -2.62. The maximum atomic E-state index is 13.4. The van der Waals surface area contributed by atoms with Gasteiger partial charge in [0.15, 0.2) is 0 Å². The van der Waals surface area contributed by atoms with E-state index in [0.717, 1.165) is 44.0 Å². The molecule has 0 radical (unpaired) electrons. The predicted molar refractivity (Wildman–Crippen MR) is 184 cm³/mol. The molecule has 0 spiro atoms. The van der Waals surface area contributed by atoms with Gasteiger partial charge in [-0.15, -0.1) is 0 Å². The van der Waals surface area contributed by atoms with Crippen molar-refractivity contribution in [3.8, 4) is 16.9 Å². The molecular weight excluding hydrogens is 632 g/mol. The van der Waals surface area contributed by atoms with Crippen LogP contribution in [0.1, 0.15) is 72.4 Å². The molecule has 3 aromatic rings. The van der Waals surface area contributed by atoms with E-state index >= 15 is 0 Å². The molecule has 0 saturated carbocycles. The largest absolute Gasteiger partial charge is 0.487 e. The number of carboxylic acid groups (broad SMARTS) is 1. The first-order valence-corrected chi connectivity index (χ1v) is 17.6. The quantitative estimate of drug-likeness (QED) is 0.138. The molecule has 3 aromatic carbocycles. The number of nitrogens with one attached hydrogen (secondary N) is 1. The van der Waals surface area contributed by atoms with Gasteiger partial charge in [0.25, 0.3) is 10.0 Å². The molecule has 48 heavy (non-hydrogen) atoms. The first-order valence-electron chi connectivity index (χ1n) is 16.1. The van der Waals surface area contributed by atoms with Gasteiger partial charge >= 0.3 is 12.1 Å². The topological polar surface area (TPSA) is 161 Å². The maximum Gasteiger partial charge on any atom is 0.410 e. The van der Waals surface area contributed by atoms with Crippen LogP contribution in [0.4, 0.5) is 4.79 Å². The van der Waals surface area contributed by atoms with Gasteiger partial charge in [-0.05, 0) is 92.8 Å². The van der Waals surface area contributed by atoms with E-state index in [-0.39, 0.29) is 36.3 Å². The number of hydrogen-bond donors (Lipinski definition) is 3. The summed E-state index contributed by atoms with van der Waals surface area (Å²) in [4.78, 5) is 30.5. The summed E-state index contributed by atoms with van der Waals surface area (Å²) in [6.07, 6.45) is 0.855. The van der Waals surface area contributed by atoms with Crippen molar-refractivity contribution in [3.05, 3.63) is 81.9 Å². The average molecular weight is 677 g/mol. The standard InChI is InChI=1S/C36H44N4O7S/c1-21-22(2)32(23(3)28-19-36(4,5)47-31(21)28)48(44,45)39-34(37)38-18-12-11-17-30(33(41)42)40(6)35(43)46-20-29-26-15-9-7-13-24(26)25-14-8-10-16-27(25)29/h7-10,13-16,29-30H,11-12,17-20H2,1-6H3,(H,41,42)(H3,37,38,39)/t30-/m1/s1. The normalized spacial score (nSPS) is 15.6. The molecule has 1 amide bonds. The van der Waals surface area contributed by atoms with Crippen LogP contribution in [0, 0.1) is 20.8 Å². The Labute approximate surface area is 282 Å². The van der Waals surface area contributed by atoms with E-state index < -0.39 is 33.7 Å². The highest BCUT2D eigenvalue weighted by atomic mass is 32.2. The summed E-state index contributed by atoms with van der Waals surface area (Å²) in [5.41, 5.74) is 12.8. The first kappa shape index (κ1) is 34.7. The predicted octanol–water partition coefficient (Wildman–Crippen LogP) is 5.42. The van der Waals surface area contributed by atoms with E-state index in [0.29, 0.717) is 30.4 Å². The van der Waals surface area contributed by atoms with Gasteiger partial charge in [-0.2, -0.15) is 0 Å². The van der Waals surface area contributed by atoms with Gasteiger partial charge in [0.05, 0.1) is 4.90 Å². The second-order valence-corrected chi connectivity index (χ2v) is 14.8. The van der Waals surface area contributed by atoms with Crippen LogP contribution in [0.3, 0.4) is 0 Å². The SMILES string of the molecule is Cc1c(C)c(S(=O)(=O)NC(N)=NCCCC[C@H](C(=O)O)N(C)C(=O)OCC2c3ccccc3-c3ccccc32)c(C)c2c1OC(C)(C)C2. The lowest BCUT2D eigenvalue weighted by Gasteiger charge is -2.25. The zero-order valence-corrected chi connectivity index (χ0v) is 29.1. The monoisotopic (exact) mass is 676 g/mol. The lowest BCUT2D eigenvalue weighted by Crippen LogP contribution is -2.43. The highest BCUT2D eigenvalue weighted by molar-refractivity contribution is 7.90. The van der Waals surface area contributed by atoms with Crippen LogP contribution in [0.25, 0.3) is 11.1 Å². The number of aliphatic imine (C=N–C) groups is 1. The number of ether oxygens (including phenoxy) is 2. The summed E-state index contributed by atoms with van der Waals surface area (Å²) in [6.45, 7) is 9.56. The number of likely N-dealkylation sites (N-methyl/N-ethyl adjacent to an activating group) is 1. The van der Waals surface area contributed by atoms with E-state index in [2.05, 4.69) is 9.71 Å². The molecule has 12 heteroatoms. The van der Waals surface area contributed by atoms with Gasteiger partial charge in [0.1, 0.15) is 24.0 Å². The Hall–Kier alpha value is -4.58. The number of carbonyl (C=O) groups is 2. The number of amides is 1. The number of fused-ring (bicyclic) bond motifs is 4. The Bertz CT molecular complexity index is 1840. The van der Waals surface area contributed by atoms with Crippen molar-refractivity contribution in [2.24, 2.45) is 10.7 Å². The molecule has 0 aromatic heterocycles. The lowest BCUT2D eigenvalue weighted by molar-refractivity contribution is -0.142. The third-order valence-corrected chi connectivity index (χ3v) is 11.0. The zero-order valence-electron chi connectivity index (χ0n) is 28.3. The van der Waals surface area contributed by atoms with E-state index in [1.54, 1.807) is 13.8 Å². The number of nitrogens with two attached hydrogens (primary N) is 1. The lowest BCUT2D eigenvalue weighted by atomic mass is 9.94. The highest BCUT2D eigenvalue weighted by Gasteiger charge is 2.37. The zero-order chi connectivity index (χ0) is 35.0. The van der Waals surface area contributed by atoms with Crippen LogP contribution in [-0.4, -0.2) is 68.3 Å². The minimum atomic E-state index is -4.03. The third kappa shape index (κ3) is 6.85. The first-order chi connectivity index (χ1) is 22.6. The highest BCUT2D eigenvalue weighted by Crippen LogP contribution is 2.45. The number of benzene rings is 3. The Morgan fingerprint density at radius 2 is 1.65 bits per heavy atom. The number of aliphatic carboxylic acids is 1. The minimum absolute atomic E-state index is 0.0866. The van der Waals surface area contributed by atoms with E-state index in [4.69, 9.17) is 15.2 Å². The molecule has 1 heterocycles. The van der Waals surface area contributed by atoms with Crippen LogP contribution in [-0.2, 0) is 26.0 Å². The number of guanidine groups is 1. The summed E-state index contributed by atoms with van der Waals surface area (Å²) in [5.74, 6) is -0.806. The van der Waals surface area contributed by atoms with E-state index in [1.165, 1.54) is 7.05 Å². The number of unbranched alkanes of at least 4 members (excludes halogenated alkanes) is 1. The Morgan fingerprint density at radius 1 is 1.04 bits per heavy atom. The third-order valence-electron chi connectivity index (χ3n) is 9.34. The molecule has 0 saturated heterocycles. The molecule has 0 unspecified atom stereocenters. The summed E-state index contributed by atoms with van der Waals surface area (Å²) >= 11 is 0. The number of hydrogen-bond acceptors (Lipinski definition) is 7. The Morgan fingerprint density at radius 3 is 2.25 bits per heavy atom. The van der Waals surface area contributed by atoms with Crippen molar-refractivity contribution >= 4 is 28.0 Å².